The number of nitrogens with zero attached hydrogens (tertiary/aromatic N) is 2. The van der Waals surface area contributed by atoms with E-state index in [0.717, 1.165) is 0 Å². The van der Waals surface area contributed by atoms with Gasteiger partial charge in [0, 0.05) is 23.8 Å². The van der Waals surface area contributed by atoms with Crippen LogP contribution in [0.25, 0.3) is 0 Å². The van der Waals surface area contributed by atoms with Crippen LogP contribution in [0.1, 0.15) is 13.8 Å². The fraction of sp³-hybridized carbons (Fsp3) is 0.545. The minimum Gasteiger partial charge on any atom is -0.365 e. The minimum atomic E-state index is -2.68. The van der Waals surface area contributed by atoms with Gasteiger partial charge in [0.1, 0.15) is 5.15 Å². The molecule has 0 atom stereocenters. The molecule has 0 radical (unpaired) electrons. The molecule has 0 N–H and O–H groups in total. The molecule has 2 rings (SSSR count). The normalized spacial score (nSPS) is 22.4. The van der Waals surface area contributed by atoms with Crippen LogP contribution < -0.4 is 4.90 Å². The maximum absolute atomic E-state index is 13.7. The van der Waals surface area contributed by atoms with Crippen molar-refractivity contribution in [2.75, 3.05) is 18.0 Å². The number of anilines is 1. The van der Waals surface area contributed by atoms with E-state index in [1.165, 1.54) is 6.20 Å². The van der Waals surface area contributed by atoms with Gasteiger partial charge >= 0.3 is 0 Å². The fourth-order valence-electron chi connectivity index (χ4n) is 1.87. The Morgan fingerprint density at radius 1 is 1.38 bits per heavy atom. The number of hydrogen-bond acceptors (Lipinski definition) is 2. The third-order valence-corrected chi connectivity index (χ3v) is 3.25. The number of pyridine rings is 1. The highest BCUT2D eigenvalue weighted by atomic mass is 35.5. The summed E-state index contributed by atoms with van der Waals surface area (Å²) in [4.78, 5) is 5.48. The van der Waals surface area contributed by atoms with Gasteiger partial charge in [0.25, 0.3) is 5.92 Å². The van der Waals surface area contributed by atoms with E-state index in [0.29, 0.717) is 17.4 Å². The lowest BCUT2D eigenvalue weighted by atomic mass is 9.89. The van der Waals surface area contributed by atoms with E-state index >= 15 is 0 Å². The van der Waals surface area contributed by atoms with E-state index in [1.807, 2.05) is 0 Å². The predicted molar refractivity (Wildman–Crippen MR) is 60.2 cm³/mol. The zero-order valence-electron chi connectivity index (χ0n) is 9.17. The van der Waals surface area contributed by atoms with Crippen molar-refractivity contribution >= 4 is 17.3 Å². The van der Waals surface area contributed by atoms with Gasteiger partial charge in [0.15, 0.2) is 0 Å². The van der Waals surface area contributed by atoms with Crippen LogP contribution in [0.2, 0.25) is 5.15 Å². The van der Waals surface area contributed by atoms with Gasteiger partial charge in [-0.1, -0.05) is 25.4 Å². The van der Waals surface area contributed by atoms with Gasteiger partial charge in [-0.05, 0) is 12.1 Å². The maximum atomic E-state index is 13.7. The Morgan fingerprint density at radius 3 is 2.56 bits per heavy atom. The molecule has 2 nitrogen and oxygen atoms in total. The molecule has 0 aliphatic carbocycles. The highest BCUT2D eigenvalue weighted by molar-refractivity contribution is 6.29. The largest absolute Gasteiger partial charge is 0.365 e. The zero-order chi connectivity index (χ0) is 12.0. The van der Waals surface area contributed by atoms with Crippen LogP contribution in [-0.4, -0.2) is 24.0 Å². The summed E-state index contributed by atoms with van der Waals surface area (Å²) in [6.07, 6.45) is 1.53. The van der Waals surface area contributed by atoms with Crippen LogP contribution in [0.4, 0.5) is 14.5 Å². The lowest BCUT2D eigenvalue weighted by molar-refractivity contribution is -0.0642. The quantitative estimate of drug-likeness (QED) is 0.708. The lowest BCUT2D eigenvalue weighted by Crippen LogP contribution is -2.34. The lowest BCUT2D eigenvalue weighted by Gasteiger charge is -2.24. The third-order valence-electron chi connectivity index (χ3n) is 3.04. The molecule has 5 heteroatoms. The van der Waals surface area contributed by atoms with Gasteiger partial charge in [-0.2, -0.15) is 0 Å². The molecule has 2 heterocycles. The highest BCUT2D eigenvalue weighted by Crippen LogP contribution is 2.44. The summed E-state index contributed by atoms with van der Waals surface area (Å²) in [6.45, 7) is 3.21. The fourth-order valence-corrected chi connectivity index (χ4v) is 2.04. The van der Waals surface area contributed by atoms with Crippen LogP contribution >= 0.6 is 11.6 Å². The first-order valence-electron chi connectivity index (χ1n) is 5.06. The topological polar surface area (TPSA) is 16.1 Å². The van der Waals surface area contributed by atoms with Gasteiger partial charge in [-0.25, -0.2) is 13.8 Å². The summed E-state index contributed by atoms with van der Waals surface area (Å²) in [5.41, 5.74) is -0.312. The molecule has 1 aromatic heterocycles. The average Bonchev–Trinajstić information content (AvgIpc) is 2.36. The van der Waals surface area contributed by atoms with Gasteiger partial charge in [0.2, 0.25) is 0 Å². The van der Waals surface area contributed by atoms with Crippen molar-refractivity contribution in [1.29, 1.82) is 0 Å². The molecule has 1 fully saturated rings. The van der Waals surface area contributed by atoms with Crippen LogP contribution in [0.5, 0.6) is 0 Å². The second kappa shape index (κ2) is 3.55. The molecule has 1 aliphatic heterocycles. The first-order chi connectivity index (χ1) is 7.32. The number of hydrogen-bond donors (Lipinski definition) is 0. The zero-order valence-corrected chi connectivity index (χ0v) is 9.93. The first kappa shape index (κ1) is 11.6. The van der Waals surface area contributed by atoms with E-state index in [1.54, 1.807) is 30.9 Å². The monoisotopic (exact) mass is 246 g/mol. The Kier molecular flexibility index (Phi) is 2.57. The molecule has 0 unspecified atom stereocenters. The van der Waals surface area contributed by atoms with E-state index in [2.05, 4.69) is 4.98 Å². The van der Waals surface area contributed by atoms with E-state index in [9.17, 15) is 8.78 Å². The first-order valence-corrected chi connectivity index (χ1v) is 5.44. The van der Waals surface area contributed by atoms with Crippen LogP contribution in [-0.2, 0) is 0 Å². The Bertz CT molecular complexity index is 391. The molecule has 0 bridgehead atoms. The van der Waals surface area contributed by atoms with E-state index in [-0.39, 0.29) is 6.54 Å². The minimum absolute atomic E-state index is 0.264. The number of alkyl halides is 2. The Morgan fingerprint density at radius 2 is 2.06 bits per heavy atom. The van der Waals surface area contributed by atoms with E-state index < -0.39 is 11.3 Å². The second-order valence-electron chi connectivity index (χ2n) is 4.78. The Labute approximate surface area is 98.2 Å². The van der Waals surface area contributed by atoms with Crippen molar-refractivity contribution in [3.05, 3.63) is 23.5 Å². The van der Waals surface area contributed by atoms with Gasteiger partial charge in [0.05, 0.1) is 6.54 Å². The molecule has 16 heavy (non-hydrogen) atoms. The standard InChI is InChI=1S/C11H13ClF2N2/c1-10(2)6-16(7-11(10,13)14)8-3-4-15-9(12)5-8/h3-5H,6-7H2,1-2H3. The Hall–Kier alpha value is -0.900. The second-order valence-corrected chi connectivity index (χ2v) is 5.17. The third kappa shape index (κ3) is 1.86. The summed E-state index contributed by atoms with van der Waals surface area (Å²) in [6, 6.07) is 3.31. The van der Waals surface area contributed by atoms with Crippen LogP contribution in [0, 0.1) is 5.41 Å². The molecular formula is C11H13ClF2N2. The summed E-state index contributed by atoms with van der Waals surface area (Å²) >= 11 is 5.74. The van der Waals surface area contributed by atoms with Gasteiger partial charge in [-0.3, -0.25) is 0 Å². The summed E-state index contributed by atoms with van der Waals surface area (Å²) in [7, 11) is 0. The van der Waals surface area contributed by atoms with Crippen molar-refractivity contribution in [3.63, 3.8) is 0 Å². The van der Waals surface area contributed by atoms with Gasteiger partial charge < -0.3 is 4.90 Å². The van der Waals surface area contributed by atoms with Crippen LogP contribution in [0.3, 0.4) is 0 Å². The summed E-state index contributed by atoms with van der Waals surface area (Å²) in [5, 5.41) is 0.325. The van der Waals surface area contributed by atoms with E-state index in [4.69, 9.17) is 11.6 Å². The maximum Gasteiger partial charge on any atom is 0.271 e. The van der Waals surface area contributed by atoms with Crippen molar-refractivity contribution in [2.45, 2.75) is 19.8 Å². The van der Waals surface area contributed by atoms with Gasteiger partial charge in [-0.15, -0.1) is 0 Å². The molecule has 0 spiro atoms. The van der Waals surface area contributed by atoms with Crippen molar-refractivity contribution in [1.82, 2.24) is 4.98 Å². The van der Waals surface area contributed by atoms with Crippen LogP contribution in [0.15, 0.2) is 18.3 Å². The molecule has 1 aromatic rings. The van der Waals surface area contributed by atoms with Crippen molar-refractivity contribution in [3.8, 4) is 0 Å². The molecule has 0 aromatic carbocycles. The number of rotatable bonds is 1. The Balaban J connectivity index is 2.27. The van der Waals surface area contributed by atoms with Crippen molar-refractivity contribution in [2.24, 2.45) is 5.41 Å². The molecule has 0 saturated carbocycles. The molecule has 88 valence electrons. The predicted octanol–water partition coefficient (Wildman–Crippen LogP) is 3.22. The van der Waals surface area contributed by atoms with Crippen molar-refractivity contribution < 1.29 is 8.78 Å². The summed E-state index contributed by atoms with van der Waals surface area (Å²) in [5.74, 6) is -2.68. The number of halogens is 3. The molecular weight excluding hydrogens is 234 g/mol. The summed E-state index contributed by atoms with van der Waals surface area (Å²) < 4.78 is 27.3. The average molecular weight is 247 g/mol. The SMILES string of the molecule is CC1(C)CN(c2ccnc(Cl)c2)CC1(F)F. The molecule has 0 amide bonds. The molecule has 1 aliphatic rings. The number of aromatic nitrogens is 1. The molecule has 1 saturated heterocycles. The highest BCUT2D eigenvalue weighted by Gasteiger charge is 2.54. The smallest absolute Gasteiger partial charge is 0.271 e.